The van der Waals surface area contributed by atoms with Crippen molar-refractivity contribution in [3.05, 3.63) is 21.3 Å². The summed E-state index contributed by atoms with van der Waals surface area (Å²) in [6.07, 6.45) is 2.72. The van der Waals surface area contributed by atoms with Crippen LogP contribution >= 0.6 is 22.9 Å². The second kappa shape index (κ2) is 5.05. The molecular formula is C12H18ClNOS. The molecule has 2 nitrogen and oxygen atoms in total. The lowest BCUT2D eigenvalue weighted by atomic mass is 9.93. The maximum Gasteiger partial charge on any atom is 0.100 e. The van der Waals surface area contributed by atoms with E-state index in [9.17, 15) is 5.11 Å². The zero-order valence-electron chi connectivity index (χ0n) is 9.58. The van der Waals surface area contributed by atoms with E-state index < -0.39 is 5.60 Å². The molecule has 4 heteroatoms. The summed E-state index contributed by atoms with van der Waals surface area (Å²) >= 11 is 7.44. The van der Waals surface area contributed by atoms with Crippen molar-refractivity contribution in [2.75, 3.05) is 19.6 Å². The van der Waals surface area contributed by atoms with Gasteiger partial charge < -0.3 is 10.0 Å². The lowest BCUT2D eigenvalue weighted by molar-refractivity contribution is 0.0250. The first kappa shape index (κ1) is 12.4. The smallest absolute Gasteiger partial charge is 0.100 e. The van der Waals surface area contributed by atoms with Gasteiger partial charge in [-0.1, -0.05) is 18.5 Å². The predicted molar refractivity (Wildman–Crippen MR) is 69.2 cm³/mol. The topological polar surface area (TPSA) is 23.5 Å². The van der Waals surface area contributed by atoms with Crippen LogP contribution in [0.5, 0.6) is 0 Å². The number of aliphatic hydroxyl groups is 1. The molecule has 0 radical (unpaired) electrons. The van der Waals surface area contributed by atoms with Crippen molar-refractivity contribution in [3.63, 3.8) is 0 Å². The quantitative estimate of drug-likeness (QED) is 0.882. The van der Waals surface area contributed by atoms with Crippen LogP contribution in [0.25, 0.3) is 0 Å². The van der Waals surface area contributed by atoms with Gasteiger partial charge in [0.05, 0.1) is 4.34 Å². The molecule has 90 valence electrons. The average Bonchev–Trinajstić information content (AvgIpc) is 2.61. The molecule has 0 amide bonds. The summed E-state index contributed by atoms with van der Waals surface area (Å²) in [5.41, 5.74) is -0.651. The highest BCUT2D eigenvalue weighted by molar-refractivity contribution is 7.16. The van der Waals surface area contributed by atoms with E-state index in [0.29, 0.717) is 0 Å². The van der Waals surface area contributed by atoms with E-state index in [2.05, 4.69) is 11.8 Å². The second-order valence-corrected chi connectivity index (χ2v) is 6.14. The summed E-state index contributed by atoms with van der Waals surface area (Å²) in [6, 6.07) is 3.84. The highest BCUT2D eigenvalue weighted by atomic mass is 35.5. The van der Waals surface area contributed by atoms with Gasteiger partial charge in [0.1, 0.15) is 5.60 Å². The van der Waals surface area contributed by atoms with Gasteiger partial charge in [-0.3, -0.25) is 0 Å². The van der Waals surface area contributed by atoms with Crippen LogP contribution in [-0.4, -0.2) is 29.6 Å². The van der Waals surface area contributed by atoms with E-state index in [1.807, 2.05) is 12.1 Å². The predicted octanol–water partition coefficient (Wildman–Crippen LogP) is 3.09. The summed E-state index contributed by atoms with van der Waals surface area (Å²) in [4.78, 5) is 3.42. The average molecular weight is 260 g/mol. The summed E-state index contributed by atoms with van der Waals surface area (Å²) in [6.45, 7) is 5.31. The van der Waals surface area contributed by atoms with E-state index in [1.54, 1.807) is 0 Å². The Morgan fingerprint density at radius 3 is 2.88 bits per heavy atom. The van der Waals surface area contributed by atoms with Gasteiger partial charge >= 0.3 is 0 Å². The Morgan fingerprint density at radius 2 is 2.25 bits per heavy atom. The Morgan fingerprint density at radius 1 is 1.44 bits per heavy atom. The third kappa shape index (κ3) is 2.59. The fourth-order valence-electron chi connectivity index (χ4n) is 2.30. The van der Waals surface area contributed by atoms with Crippen LogP contribution in [-0.2, 0) is 5.60 Å². The van der Waals surface area contributed by atoms with Crippen molar-refractivity contribution in [1.29, 1.82) is 0 Å². The van der Waals surface area contributed by atoms with Crippen LogP contribution in [0, 0.1) is 0 Å². The van der Waals surface area contributed by atoms with Gasteiger partial charge in [-0.15, -0.1) is 11.3 Å². The molecule has 0 aromatic carbocycles. The Balaban J connectivity index is 2.13. The van der Waals surface area contributed by atoms with Crippen LogP contribution < -0.4 is 0 Å². The van der Waals surface area contributed by atoms with Gasteiger partial charge in [0.2, 0.25) is 0 Å². The number of nitrogens with zero attached hydrogens (tertiary/aromatic N) is 1. The van der Waals surface area contributed by atoms with Crippen molar-refractivity contribution in [1.82, 2.24) is 4.90 Å². The van der Waals surface area contributed by atoms with E-state index in [-0.39, 0.29) is 0 Å². The van der Waals surface area contributed by atoms with Crippen LogP contribution in [0.15, 0.2) is 12.1 Å². The van der Waals surface area contributed by atoms with Crippen LogP contribution in [0.3, 0.4) is 0 Å². The molecule has 1 aliphatic rings. The van der Waals surface area contributed by atoms with E-state index in [4.69, 9.17) is 11.6 Å². The second-order valence-electron chi connectivity index (χ2n) is 4.42. The van der Waals surface area contributed by atoms with E-state index >= 15 is 0 Å². The van der Waals surface area contributed by atoms with Crippen molar-refractivity contribution >= 4 is 22.9 Å². The van der Waals surface area contributed by atoms with Crippen molar-refractivity contribution in [2.45, 2.75) is 31.8 Å². The first-order valence-corrected chi connectivity index (χ1v) is 7.04. The molecular weight excluding hydrogens is 242 g/mol. The van der Waals surface area contributed by atoms with Gasteiger partial charge in [0, 0.05) is 11.4 Å². The summed E-state index contributed by atoms with van der Waals surface area (Å²) in [5, 5.41) is 10.7. The number of likely N-dealkylation sites (tertiary alicyclic amines) is 1. The fraction of sp³-hybridized carbons (Fsp3) is 0.667. The molecule has 1 aliphatic heterocycles. The molecule has 0 spiro atoms. The Kier molecular flexibility index (Phi) is 3.90. The van der Waals surface area contributed by atoms with Gasteiger partial charge in [-0.25, -0.2) is 0 Å². The molecule has 1 unspecified atom stereocenters. The first-order valence-electron chi connectivity index (χ1n) is 5.84. The lowest BCUT2D eigenvalue weighted by Gasteiger charge is -2.25. The van der Waals surface area contributed by atoms with Crippen LogP contribution in [0.4, 0.5) is 0 Å². The van der Waals surface area contributed by atoms with Gasteiger partial charge in [-0.2, -0.15) is 0 Å². The maximum atomic E-state index is 10.7. The van der Waals surface area contributed by atoms with Crippen LogP contribution in [0.1, 0.15) is 31.1 Å². The molecule has 16 heavy (non-hydrogen) atoms. The number of halogens is 1. The molecule has 0 bridgehead atoms. The summed E-state index contributed by atoms with van der Waals surface area (Å²) < 4.78 is 0.764. The third-order valence-electron chi connectivity index (χ3n) is 3.39. The van der Waals surface area contributed by atoms with Gasteiger partial charge in [0.15, 0.2) is 0 Å². The minimum Gasteiger partial charge on any atom is -0.384 e. The molecule has 1 atom stereocenters. The molecule has 1 N–H and O–H groups in total. The number of rotatable bonds is 2. The first-order chi connectivity index (χ1) is 7.64. The van der Waals surface area contributed by atoms with Crippen molar-refractivity contribution in [3.8, 4) is 0 Å². The largest absolute Gasteiger partial charge is 0.384 e. The van der Waals surface area contributed by atoms with Crippen molar-refractivity contribution < 1.29 is 5.11 Å². The molecule has 2 rings (SSSR count). The van der Waals surface area contributed by atoms with Crippen LogP contribution in [0.2, 0.25) is 4.34 Å². The highest BCUT2D eigenvalue weighted by Crippen LogP contribution is 2.38. The monoisotopic (exact) mass is 259 g/mol. The zero-order chi connectivity index (χ0) is 11.6. The molecule has 0 aliphatic carbocycles. The van der Waals surface area contributed by atoms with E-state index in [1.165, 1.54) is 11.3 Å². The summed E-state index contributed by atoms with van der Waals surface area (Å²) in [5.74, 6) is 0. The standard InChI is InChI=1S/C12H18ClNOS/c1-2-14-8-3-6-12(15,7-9-14)10-4-5-11(13)16-10/h4-5,15H,2-3,6-9H2,1H3. The number of hydrogen-bond donors (Lipinski definition) is 1. The fourth-order valence-corrected chi connectivity index (χ4v) is 3.49. The number of thiophene rings is 1. The van der Waals surface area contributed by atoms with E-state index in [0.717, 1.165) is 48.1 Å². The Bertz CT molecular complexity index is 355. The summed E-state index contributed by atoms with van der Waals surface area (Å²) in [7, 11) is 0. The Labute approximate surface area is 106 Å². The normalized spacial score (nSPS) is 27.9. The molecule has 2 heterocycles. The molecule has 1 aromatic rings. The maximum absolute atomic E-state index is 10.7. The third-order valence-corrected chi connectivity index (χ3v) is 4.81. The Hall–Kier alpha value is -0.0900. The minimum absolute atomic E-state index is 0.651. The highest BCUT2D eigenvalue weighted by Gasteiger charge is 2.32. The van der Waals surface area contributed by atoms with Gasteiger partial charge in [-0.05, 0) is 44.5 Å². The molecule has 1 fully saturated rings. The molecule has 1 saturated heterocycles. The number of hydrogen-bond acceptors (Lipinski definition) is 3. The van der Waals surface area contributed by atoms with Crippen molar-refractivity contribution in [2.24, 2.45) is 0 Å². The molecule has 0 saturated carbocycles. The van der Waals surface area contributed by atoms with Gasteiger partial charge in [0.25, 0.3) is 0 Å². The minimum atomic E-state index is -0.651. The zero-order valence-corrected chi connectivity index (χ0v) is 11.2. The molecule has 1 aromatic heterocycles. The lowest BCUT2D eigenvalue weighted by Crippen LogP contribution is -2.28. The SMILES string of the molecule is CCN1CCCC(O)(c2ccc(Cl)s2)CC1.